The molecule has 0 aliphatic carbocycles. The monoisotopic (exact) mass is 596 g/mol. The van der Waals surface area contributed by atoms with Crippen LogP contribution in [0.4, 0.5) is 11.8 Å². The Morgan fingerprint density at radius 1 is 0.956 bits per heavy atom. The van der Waals surface area contributed by atoms with E-state index in [1.165, 1.54) is 18.0 Å². The number of nitrogens with two attached hydrogens (primary N) is 1. The molecule has 4 N–H and O–H groups in total. The van der Waals surface area contributed by atoms with E-state index in [9.17, 15) is 4.79 Å². The number of nitriles is 1. The van der Waals surface area contributed by atoms with E-state index in [-0.39, 0.29) is 17.4 Å². The summed E-state index contributed by atoms with van der Waals surface area (Å²) in [7, 11) is 0. The summed E-state index contributed by atoms with van der Waals surface area (Å²) in [6.45, 7) is 2.65. The molecule has 0 unspecified atom stereocenters. The van der Waals surface area contributed by atoms with Crippen molar-refractivity contribution in [3.8, 4) is 34.5 Å². The van der Waals surface area contributed by atoms with Gasteiger partial charge in [0.2, 0.25) is 17.3 Å². The van der Waals surface area contributed by atoms with Crippen LogP contribution in [-0.4, -0.2) is 63.5 Å². The number of piperidine rings is 1. The van der Waals surface area contributed by atoms with Crippen molar-refractivity contribution in [1.82, 2.24) is 44.4 Å². The summed E-state index contributed by atoms with van der Waals surface area (Å²) < 4.78 is 1.98. The van der Waals surface area contributed by atoms with E-state index in [0.717, 1.165) is 38.2 Å². The highest BCUT2D eigenvalue weighted by atomic mass is 16.1. The minimum atomic E-state index is -0.195. The number of anilines is 2. The molecule has 1 aliphatic rings. The van der Waals surface area contributed by atoms with Crippen LogP contribution >= 0.6 is 0 Å². The van der Waals surface area contributed by atoms with Crippen LogP contribution in [0.15, 0.2) is 84.0 Å². The van der Waals surface area contributed by atoms with Gasteiger partial charge < -0.3 is 16.0 Å². The number of nitrogens with one attached hydrogen (secondary N) is 2. The fraction of sp³-hybridized carbons (Fsp3) is 0.188. The number of nitrogen functional groups attached to an aromatic ring is 1. The van der Waals surface area contributed by atoms with E-state index in [4.69, 9.17) is 21.0 Å². The maximum absolute atomic E-state index is 12.0. The van der Waals surface area contributed by atoms with Gasteiger partial charge in [-0.1, -0.05) is 18.2 Å². The first-order chi connectivity index (χ1) is 22.0. The molecule has 0 atom stereocenters. The van der Waals surface area contributed by atoms with E-state index in [2.05, 4.69) is 59.4 Å². The molecule has 0 saturated carbocycles. The van der Waals surface area contributed by atoms with E-state index in [1.54, 1.807) is 12.3 Å². The Hall–Kier alpha value is -6.00. The third-order valence-corrected chi connectivity index (χ3v) is 7.82. The summed E-state index contributed by atoms with van der Waals surface area (Å²) in [5, 5.41) is 12.4. The smallest absolute Gasteiger partial charge is 0.248 e. The average Bonchev–Trinajstić information content (AvgIpc) is 3.45. The minimum absolute atomic E-state index is 0.108. The number of fused-ring (bicyclic) bond motifs is 1. The number of likely N-dealkylation sites (tertiary alicyclic amines) is 1. The van der Waals surface area contributed by atoms with E-state index in [0.29, 0.717) is 45.7 Å². The summed E-state index contributed by atoms with van der Waals surface area (Å²) in [4.78, 5) is 43.5. The summed E-state index contributed by atoms with van der Waals surface area (Å²) in [5.74, 6) is 1.55. The maximum atomic E-state index is 12.0. The van der Waals surface area contributed by atoms with E-state index < -0.39 is 0 Å². The number of imidazole rings is 1. The lowest BCUT2D eigenvalue weighted by atomic mass is 10.0. The van der Waals surface area contributed by atoms with Crippen molar-refractivity contribution in [2.24, 2.45) is 0 Å². The molecule has 1 saturated heterocycles. The fourth-order valence-corrected chi connectivity index (χ4v) is 5.58. The van der Waals surface area contributed by atoms with Gasteiger partial charge in [-0.3, -0.25) is 14.3 Å². The second-order valence-corrected chi connectivity index (χ2v) is 10.8. The number of nitrogens with zero attached hydrogens (tertiary/aromatic N) is 9. The van der Waals surface area contributed by atoms with E-state index in [1.807, 2.05) is 41.0 Å². The molecule has 0 amide bonds. The Balaban J connectivity index is 1.14. The lowest BCUT2D eigenvalue weighted by molar-refractivity contribution is 0.211. The van der Waals surface area contributed by atoms with Gasteiger partial charge in [-0.25, -0.2) is 24.9 Å². The Kier molecular flexibility index (Phi) is 7.38. The zero-order valence-corrected chi connectivity index (χ0v) is 24.1. The van der Waals surface area contributed by atoms with Crippen molar-refractivity contribution in [2.45, 2.75) is 25.4 Å². The first kappa shape index (κ1) is 27.8. The molecule has 0 bridgehead atoms. The number of rotatable bonds is 7. The van der Waals surface area contributed by atoms with Crippen molar-refractivity contribution in [3.63, 3.8) is 0 Å². The molecule has 13 heteroatoms. The molecule has 1 aromatic carbocycles. The highest BCUT2D eigenvalue weighted by Gasteiger charge is 2.21. The Bertz CT molecular complexity index is 2090. The van der Waals surface area contributed by atoms with Gasteiger partial charge >= 0.3 is 0 Å². The molecule has 1 aliphatic heterocycles. The number of hydrogen-bond donors (Lipinski definition) is 3. The molecule has 7 rings (SSSR count). The van der Waals surface area contributed by atoms with Gasteiger partial charge in [0, 0.05) is 43.6 Å². The Labute approximate surface area is 257 Å². The summed E-state index contributed by atoms with van der Waals surface area (Å²) in [6.07, 6.45) is 4.87. The molecule has 1 fully saturated rings. The quantitative estimate of drug-likeness (QED) is 0.245. The number of aromatic amines is 1. The molecule has 6 aromatic rings. The molecule has 13 nitrogen and oxygen atoms in total. The summed E-state index contributed by atoms with van der Waals surface area (Å²) in [6, 6.07) is 23.0. The van der Waals surface area contributed by atoms with Crippen LogP contribution in [0.3, 0.4) is 0 Å². The van der Waals surface area contributed by atoms with Crippen molar-refractivity contribution < 1.29 is 0 Å². The molecular weight excluding hydrogens is 568 g/mol. The number of benzene rings is 1. The normalized spacial score (nSPS) is 13.9. The SMILES string of the molecule is N#Cc1ncnc(NC2CCN(Cc3ccc(-n4c(-c5cccnc5N)nc5ccc(-c6cccc(=O)[nH]6)nc54)cc3)CC2)n1. The van der Waals surface area contributed by atoms with Crippen LogP contribution in [0.1, 0.15) is 24.2 Å². The number of hydrogen-bond acceptors (Lipinski definition) is 11. The van der Waals surface area contributed by atoms with Gasteiger partial charge in [-0.05, 0) is 60.9 Å². The topological polar surface area (TPSA) is 180 Å². The van der Waals surface area contributed by atoms with Crippen LogP contribution in [0.2, 0.25) is 0 Å². The van der Waals surface area contributed by atoms with Gasteiger partial charge in [-0.15, -0.1) is 0 Å². The maximum Gasteiger partial charge on any atom is 0.248 e. The third-order valence-electron chi connectivity index (χ3n) is 7.82. The largest absolute Gasteiger partial charge is 0.383 e. The second-order valence-electron chi connectivity index (χ2n) is 10.8. The molecule has 6 heterocycles. The molecule has 0 spiro atoms. The predicted molar refractivity (Wildman–Crippen MR) is 169 cm³/mol. The molecule has 5 aromatic heterocycles. The van der Waals surface area contributed by atoms with Crippen LogP contribution < -0.4 is 16.6 Å². The molecular formula is C32H28N12O. The first-order valence-electron chi connectivity index (χ1n) is 14.5. The third kappa shape index (κ3) is 5.82. The van der Waals surface area contributed by atoms with Gasteiger partial charge in [0.05, 0.1) is 17.0 Å². The fourth-order valence-electron chi connectivity index (χ4n) is 5.58. The number of aromatic nitrogens is 8. The van der Waals surface area contributed by atoms with Gasteiger partial charge in [0.1, 0.15) is 23.7 Å². The molecule has 0 radical (unpaired) electrons. The van der Waals surface area contributed by atoms with Crippen LogP contribution in [0, 0.1) is 11.3 Å². The van der Waals surface area contributed by atoms with Gasteiger partial charge in [0.15, 0.2) is 11.5 Å². The number of pyridine rings is 3. The molecule has 222 valence electrons. The van der Waals surface area contributed by atoms with Crippen LogP contribution in [0.25, 0.3) is 39.6 Å². The Morgan fingerprint density at radius 3 is 2.58 bits per heavy atom. The van der Waals surface area contributed by atoms with Crippen molar-refractivity contribution >= 4 is 22.9 Å². The lowest BCUT2D eigenvalue weighted by Gasteiger charge is -2.32. The zero-order chi connectivity index (χ0) is 30.8. The summed E-state index contributed by atoms with van der Waals surface area (Å²) in [5.41, 5.74) is 11.4. The standard InChI is InChI=1S/C32H28N12O/c33-17-27-36-19-37-32(42-27)38-21-12-15-43(16-13-21)18-20-6-8-22(9-7-20)44-30(23-3-2-14-35-29(23)34)41-26-11-10-25(40-31(26)44)24-4-1-5-28(45)39-24/h1-11,14,19,21H,12-13,15-16,18H2,(H2,34,35)(H,39,45)(H,36,37,38,42). The second kappa shape index (κ2) is 11.9. The zero-order valence-electron chi connectivity index (χ0n) is 24.1. The average molecular weight is 597 g/mol. The van der Waals surface area contributed by atoms with E-state index >= 15 is 0 Å². The van der Waals surface area contributed by atoms with Crippen LogP contribution in [-0.2, 0) is 6.54 Å². The highest BCUT2D eigenvalue weighted by Crippen LogP contribution is 2.31. The van der Waals surface area contributed by atoms with Gasteiger partial charge in [-0.2, -0.15) is 10.2 Å². The Morgan fingerprint density at radius 2 is 1.80 bits per heavy atom. The minimum Gasteiger partial charge on any atom is -0.383 e. The summed E-state index contributed by atoms with van der Waals surface area (Å²) >= 11 is 0. The van der Waals surface area contributed by atoms with Crippen LogP contribution in [0.5, 0.6) is 0 Å². The van der Waals surface area contributed by atoms with Crippen molar-refractivity contribution in [1.29, 1.82) is 5.26 Å². The first-order valence-corrected chi connectivity index (χ1v) is 14.5. The van der Waals surface area contributed by atoms with Crippen molar-refractivity contribution in [3.05, 3.63) is 101 Å². The molecule has 45 heavy (non-hydrogen) atoms. The predicted octanol–water partition coefficient (Wildman–Crippen LogP) is 3.55. The number of H-pyrrole nitrogens is 1. The van der Waals surface area contributed by atoms with Gasteiger partial charge in [0.25, 0.3) is 0 Å². The highest BCUT2D eigenvalue weighted by molar-refractivity contribution is 5.84. The van der Waals surface area contributed by atoms with Crippen molar-refractivity contribution in [2.75, 3.05) is 24.1 Å². The lowest BCUT2D eigenvalue weighted by Crippen LogP contribution is -2.39.